The van der Waals surface area contributed by atoms with Crippen LogP contribution in [0.4, 0.5) is 0 Å². The maximum absolute atomic E-state index is 4.65. The molecule has 4 nitrogen and oxygen atoms in total. The molecule has 138 valence electrons. The molecule has 6 heteroatoms. The molecule has 0 saturated heterocycles. The summed E-state index contributed by atoms with van der Waals surface area (Å²) in [4.78, 5) is 6.95. The second-order valence-corrected chi connectivity index (χ2v) is 6.61. The van der Waals surface area contributed by atoms with Crippen molar-refractivity contribution in [2.45, 2.75) is 33.5 Å². The van der Waals surface area contributed by atoms with E-state index in [2.05, 4.69) is 82.5 Å². The van der Waals surface area contributed by atoms with Gasteiger partial charge < -0.3 is 15.5 Å². The number of rotatable bonds is 8. The first kappa shape index (κ1) is 21.9. The summed E-state index contributed by atoms with van der Waals surface area (Å²) in [5.74, 6) is 0.861. The summed E-state index contributed by atoms with van der Waals surface area (Å²) in [6.07, 6.45) is 0. The number of guanidine groups is 1. The highest BCUT2D eigenvalue weighted by Gasteiger charge is 2.02. The van der Waals surface area contributed by atoms with E-state index in [4.69, 9.17) is 0 Å². The van der Waals surface area contributed by atoms with Gasteiger partial charge in [-0.1, -0.05) is 31.2 Å². The number of halogens is 1. The number of nitrogens with one attached hydrogen (secondary N) is 2. The third-order valence-electron chi connectivity index (χ3n) is 3.79. The fraction of sp³-hybridized carbons (Fsp3) is 0.421. The van der Waals surface area contributed by atoms with Gasteiger partial charge in [0, 0.05) is 19.6 Å². The summed E-state index contributed by atoms with van der Waals surface area (Å²) in [7, 11) is 2.14. The molecule has 2 aromatic rings. The highest BCUT2D eigenvalue weighted by Crippen LogP contribution is 2.08. The zero-order valence-electron chi connectivity index (χ0n) is 15.3. The molecule has 0 bridgehead atoms. The van der Waals surface area contributed by atoms with Crippen molar-refractivity contribution in [1.82, 2.24) is 15.5 Å². The molecule has 25 heavy (non-hydrogen) atoms. The van der Waals surface area contributed by atoms with E-state index in [-0.39, 0.29) is 24.0 Å². The molecule has 0 amide bonds. The van der Waals surface area contributed by atoms with Gasteiger partial charge in [-0.3, -0.25) is 0 Å². The van der Waals surface area contributed by atoms with E-state index in [9.17, 15) is 0 Å². The fourth-order valence-corrected chi connectivity index (χ4v) is 3.00. The third kappa shape index (κ3) is 8.20. The highest BCUT2D eigenvalue weighted by atomic mass is 127. The first-order chi connectivity index (χ1) is 11.7. The summed E-state index contributed by atoms with van der Waals surface area (Å²) in [5, 5.41) is 11.0. The lowest BCUT2D eigenvalue weighted by molar-refractivity contribution is 0.345. The van der Waals surface area contributed by atoms with Crippen molar-refractivity contribution in [3.05, 3.63) is 57.8 Å². The van der Waals surface area contributed by atoms with Gasteiger partial charge in [-0.05, 0) is 54.0 Å². The minimum Gasteiger partial charge on any atom is -0.357 e. The van der Waals surface area contributed by atoms with Crippen molar-refractivity contribution in [1.29, 1.82) is 0 Å². The van der Waals surface area contributed by atoms with Crippen LogP contribution >= 0.6 is 35.3 Å². The Morgan fingerprint density at radius 3 is 2.60 bits per heavy atom. The van der Waals surface area contributed by atoms with Gasteiger partial charge in [-0.25, -0.2) is 4.99 Å². The number of nitrogens with zero attached hydrogens (tertiary/aromatic N) is 2. The Bertz CT molecular complexity index is 628. The van der Waals surface area contributed by atoms with Crippen LogP contribution in [0, 0.1) is 0 Å². The fourth-order valence-electron chi connectivity index (χ4n) is 2.34. The van der Waals surface area contributed by atoms with Gasteiger partial charge in [0.2, 0.25) is 0 Å². The molecule has 1 aromatic heterocycles. The molecule has 2 rings (SSSR count). The number of thiophene rings is 1. The van der Waals surface area contributed by atoms with Gasteiger partial charge in [0.25, 0.3) is 0 Å². The van der Waals surface area contributed by atoms with Crippen LogP contribution in [0.2, 0.25) is 0 Å². The normalized spacial score (nSPS) is 11.3. The van der Waals surface area contributed by atoms with Crippen molar-refractivity contribution < 1.29 is 0 Å². The Labute approximate surface area is 172 Å². The minimum atomic E-state index is 0. The summed E-state index contributed by atoms with van der Waals surface area (Å²) < 4.78 is 0. The molecule has 1 aromatic carbocycles. The molecular formula is C19H29IN4S. The molecule has 0 aliphatic heterocycles. The van der Waals surface area contributed by atoms with Crippen LogP contribution < -0.4 is 10.6 Å². The molecule has 0 aliphatic carbocycles. The SMILES string of the molecule is CCNC(=NCc1ccsc1)NCc1cccc(CN(C)CC)c1.I. The summed E-state index contributed by atoms with van der Waals surface area (Å²) in [6.45, 7) is 8.65. The standard InChI is InChI=1S/C19H28N4S.HI/c1-4-20-19(22-13-18-9-10-24-15-18)21-12-16-7-6-8-17(11-16)14-23(3)5-2;/h6-11,15H,4-5,12-14H2,1-3H3,(H2,20,21,22);1H. The van der Waals surface area contributed by atoms with Crippen LogP contribution in [-0.4, -0.2) is 31.0 Å². The van der Waals surface area contributed by atoms with Crippen LogP contribution in [0.25, 0.3) is 0 Å². The largest absolute Gasteiger partial charge is 0.357 e. The number of hydrogen-bond donors (Lipinski definition) is 2. The zero-order chi connectivity index (χ0) is 17.2. The Morgan fingerprint density at radius 1 is 1.12 bits per heavy atom. The minimum absolute atomic E-state index is 0. The van der Waals surface area contributed by atoms with Crippen molar-refractivity contribution in [2.75, 3.05) is 20.1 Å². The van der Waals surface area contributed by atoms with Gasteiger partial charge in [0.05, 0.1) is 6.54 Å². The molecule has 0 spiro atoms. The number of benzene rings is 1. The average molecular weight is 472 g/mol. The molecular weight excluding hydrogens is 443 g/mol. The predicted octanol–water partition coefficient (Wildman–Crippen LogP) is 4.07. The van der Waals surface area contributed by atoms with E-state index in [1.54, 1.807) is 11.3 Å². The molecule has 0 radical (unpaired) electrons. The summed E-state index contributed by atoms with van der Waals surface area (Å²) in [6, 6.07) is 10.9. The van der Waals surface area contributed by atoms with Crippen LogP contribution in [0.5, 0.6) is 0 Å². The average Bonchev–Trinajstić information content (AvgIpc) is 3.11. The molecule has 0 saturated carbocycles. The molecule has 0 fully saturated rings. The van der Waals surface area contributed by atoms with Crippen LogP contribution in [0.15, 0.2) is 46.1 Å². The lowest BCUT2D eigenvalue weighted by atomic mass is 10.1. The second-order valence-electron chi connectivity index (χ2n) is 5.83. The predicted molar refractivity (Wildman–Crippen MR) is 120 cm³/mol. The van der Waals surface area contributed by atoms with E-state index >= 15 is 0 Å². The van der Waals surface area contributed by atoms with Gasteiger partial charge >= 0.3 is 0 Å². The van der Waals surface area contributed by atoms with E-state index < -0.39 is 0 Å². The third-order valence-corrected chi connectivity index (χ3v) is 4.52. The van der Waals surface area contributed by atoms with E-state index in [1.165, 1.54) is 16.7 Å². The molecule has 1 heterocycles. The van der Waals surface area contributed by atoms with Gasteiger partial charge in [-0.2, -0.15) is 11.3 Å². The van der Waals surface area contributed by atoms with Gasteiger partial charge in [0.1, 0.15) is 0 Å². The van der Waals surface area contributed by atoms with Crippen molar-refractivity contribution >= 4 is 41.3 Å². The second kappa shape index (κ2) is 12.3. The first-order valence-corrected chi connectivity index (χ1v) is 9.45. The maximum atomic E-state index is 4.65. The van der Waals surface area contributed by atoms with Gasteiger partial charge in [-0.15, -0.1) is 24.0 Å². The molecule has 0 unspecified atom stereocenters. The summed E-state index contributed by atoms with van der Waals surface area (Å²) >= 11 is 1.71. The zero-order valence-corrected chi connectivity index (χ0v) is 18.4. The van der Waals surface area contributed by atoms with E-state index in [1.807, 2.05) is 0 Å². The lowest BCUT2D eigenvalue weighted by Gasteiger charge is -2.15. The summed E-state index contributed by atoms with van der Waals surface area (Å²) in [5.41, 5.74) is 3.87. The lowest BCUT2D eigenvalue weighted by Crippen LogP contribution is -2.36. The number of aliphatic imine (C=N–C) groups is 1. The first-order valence-electron chi connectivity index (χ1n) is 8.50. The molecule has 0 atom stereocenters. The monoisotopic (exact) mass is 472 g/mol. The van der Waals surface area contributed by atoms with Crippen LogP contribution in [0.3, 0.4) is 0 Å². The highest BCUT2D eigenvalue weighted by molar-refractivity contribution is 14.0. The number of hydrogen-bond acceptors (Lipinski definition) is 3. The van der Waals surface area contributed by atoms with Crippen LogP contribution in [-0.2, 0) is 19.6 Å². The maximum Gasteiger partial charge on any atom is 0.191 e. The van der Waals surface area contributed by atoms with E-state index in [0.717, 1.165) is 32.1 Å². The van der Waals surface area contributed by atoms with Crippen molar-refractivity contribution in [2.24, 2.45) is 4.99 Å². The topological polar surface area (TPSA) is 39.7 Å². The van der Waals surface area contributed by atoms with Gasteiger partial charge in [0.15, 0.2) is 5.96 Å². The van der Waals surface area contributed by atoms with Crippen molar-refractivity contribution in [3.63, 3.8) is 0 Å². The molecule has 2 N–H and O–H groups in total. The Morgan fingerprint density at radius 2 is 1.92 bits per heavy atom. The Balaban J connectivity index is 0.00000312. The Hall–Kier alpha value is -1.12. The smallest absolute Gasteiger partial charge is 0.191 e. The Kier molecular flexibility index (Phi) is 10.8. The van der Waals surface area contributed by atoms with Crippen molar-refractivity contribution in [3.8, 4) is 0 Å². The molecule has 0 aliphatic rings. The van der Waals surface area contributed by atoms with Crippen LogP contribution in [0.1, 0.15) is 30.5 Å². The van der Waals surface area contributed by atoms with E-state index in [0.29, 0.717) is 6.54 Å². The quantitative estimate of drug-likeness (QED) is 0.346.